The van der Waals surface area contributed by atoms with Crippen LogP contribution < -0.4 is 0 Å². The Morgan fingerprint density at radius 2 is 1.93 bits per heavy atom. The molecule has 15 heavy (non-hydrogen) atoms. The third-order valence-corrected chi connectivity index (χ3v) is 3.70. The van der Waals surface area contributed by atoms with Crippen molar-refractivity contribution < 1.29 is 22.4 Å². The molecule has 1 heterocycles. The molecule has 1 nitrogen and oxygen atoms in total. The number of hydrogen-bond acceptors (Lipinski definition) is 2. The van der Waals surface area contributed by atoms with Crippen molar-refractivity contribution in [2.45, 2.75) is 43.8 Å². The fourth-order valence-corrected chi connectivity index (χ4v) is 2.76. The summed E-state index contributed by atoms with van der Waals surface area (Å²) in [6.07, 6.45) is -1.51. The van der Waals surface area contributed by atoms with Gasteiger partial charge in [-0.3, -0.25) is 4.79 Å². The molecule has 0 aromatic rings. The van der Waals surface area contributed by atoms with Crippen molar-refractivity contribution in [2.24, 2.45) is 5.92 Å². The lowest BCUT2D eigenvalue weighted by molar-refractivity contribution is -0.113. The Morgan fingerprint density at radius 3 is 2.27 bits per heavy atom. The molecule has 1 aliphatic rings. The van der Waals surface area contributed by atoms with Crippen LogP contribution in [-0.4, -0.2) is 22.2 Å². The first-order valence-electron chi connectivity index (χ1n) is 4.58. The van der Waals surface area contributed by atoms with Crippen LogP contribution in [0.5, 0.6) is 0 Å². The number of thioether (sulfide) groups is 1. The lowest BCUT2D eigenvalue weighted by Gasteiger charge is -2.24. The molecule has 0 spiro atoms. The minimum Gasteiger partial charge on any atom is -0.287 e. The van der Waals surface area contributed by atoms with E-state index < -0.39 is 29.4 Å². The smallest absolute Gasteiger partial charge is 0.265 e. The van der Waals surface area contributed by atoms with E-state index in [4.69, 9.17) is 0 Å². The van der Waals surface area contributed by atoms with Gasteiger partial charge in [-0.15, -0.1) is 0 Å². The monoisotopic (exact) mass is 244 g/mol. The van der Waals surface area contributed by atoms with Gasteiger partial charge in [0.25, 0.3) is 11.8 Å². The van der Waals surface area contributed by atoms with Crippen molar-refractivity contribution in [2.75, 3.05) is 0 Å². The lowest BCUT2D eigenvalue weighted by Crippen LogP contribution is -2.35. The lowest BCUT2D eigenvalue weighted by atomic mass is 10.00. The molecule has 0 amide bonds. The molecule has 6 heteroatoms. The molecule has 1 aliphatic heterocycles. The summed E-state index contributed by atoms with van der Waals surface area (Å²) in [6, 6.07) is 0. The largest absolute Gasteiger partial charge is 0.287 e. The van der Waals surface area contributed by atoms with Crippen LogP contribution >= 0.6 is 11.8 Å². The van der Waals surface area contributed by atoms with Gasteiger partial charge in [-0.1, -0.05) is 18.7 Å². The molecule has 1 saturated heterocycles. The van der Waals surface area contributed by atoms with Gasteiger partial charge in [-0.05, 0) is 13.3 Å². The van der Waals surface area contributed by atoms with E-state index in [1.807, 2.05) is 0 Å². The summed E-state index contributed by atoms with van der Waals surface area (Å²) in [7, 11) is 0. The van der Waals surface area contributed by atoms with Crippen molar-refractivity contribution in [3.8, 4) is 0 Å². The first-order valence-corrected chi connectivity index (χ1v) is 5.46. The molecule has 2 unspecified atom stereocenters. The molecule has 2 atom stereocenters. The fourth-order valence-electron chi connectivity index (χ4n) is 1.51. The molecular weight excluding hydrogens is 232 g/mol. The molecule has 0 aromatic heterocycles. The van der Waals surface area contributed by atoms with Crippen molar-refractivity contribution in [1.29, 1.82) is 0 Å². The molecule has 0 N–H and O–H groups in total. The van der Waals surface area contributed by atoms with Crippen LogP contribution in [0, 0.1) is 5.92 Å². The Morgan fingerprint density at radius 1 is 1.40 bits per heavy atom. The maximum atomic E-state index is 13.3. The summed E-state index contributed by atoms with van der Waals surface area (Å²) in [5, 5.41) is -1.63. The van der Waals surface area contributed by atoms with Crippen LogP contribution in [0.4, 0.5) is 17.6 Å². The summed E-state index contributed by atoms with van der Waals surface area (Å²) in [5.74, 6) is -7.35. The average Bonchev–Trinajstić information content (AvgIpc) is 2.27. The molecule has 1 fully saturated rings. The number of rotatable bonds is 3. The zero-order valence-electron chi connectivity index (χ0n) is 8.40. The van der Waals surface area contributed by atoms with Gasteiger partial charge in [0.05, 0.1) is 11.7 Å². The molecule has 0 aliphatic carbocycles. The molecular formula is C9H12F4OS. The van der Waals surface area contributed by atoms with Crippen LogP contribution in [0.3, 0.4) is 0 Å². The van der Waals surface area contributed by atoms with Gasteiger partial charge in [-0.25, -0.2) is 17.6 Å². The Hall–Kier alpha value is -0.260. The maximum Gasteiger partial charge on any atom is 0.265 e. The number of carbonyl (C=O) groups is 1. The number of halogens is 4. The Balaban J connectivity index is 2.67. The van der Waals surface area contributed by atoms with Crippen molar-refractivity contribution in [1.82, 2.24) is 0 Å². The highest BCUT2D eigenvalue weighted by molar-refractivity contribution is 8.14. The standard InChI is InChI=1S/C9H12F4OS/c1-5-3-6(15-7(5)14)9(12,13)4-8(2,10)11/h5-6H,3-4H2,1-2H3. The van der Waals surface area contributed by atoms with E-state index >= 15 is 0 Å². The first kappa shape index (κ1) is 12.8. The minimum absolute atomic E-state index is 0.0212. The quantitative estimate of drug-likeness (QED) is 0.708. The summed E-state index contributed by atoms with van der Waals surface area (Å²) >= 11 is 0.499. The van der Waals surface area contributed by atoms with Crippen LogP contribution in [0.1, 0.15) is 26.7 Å². The Kier molecular flexibility index (Phi) is 3.38. The van der Waals surface area contributed by atoms with E-state index in [9.17, 15) is 22.4 Å². The Bertz CT molecular complexity index is 261. The van der Waals surface area contributed by atoms with E-state index in [1.54, 1.807) is 0 Å². The summed E-state index contributed by atoms with van der Waals surface area (Å²) in [6.45, 7) is 2.00. The van der Waals surface area contributed by atoms with Crippen molar-refractivity contribution >= 4 is 16.9 Å². The average molecular weight is 244 g/mol. The van der Waals surface area contributed by atoms with Gasteiger partial charge >= 0.3 is 0 Å². The van der Waals surface area contributed by atoms with Gasteiger partial charge < -0.3 is 0 Å². The van der Waals surface area contributed by atoms with Gasteiger partial charge in [0.1, 0.15) is 0 Å². The second-order valence-electron chi connectivity index (χ2n) is 4.07. The van der Waals surface area contributed by atoms with Gasteiger partial charge in [0.2, 0.25) is 0 Å². The maximum absolute atomic E-state index is 13.3. The third-order valence-electron chi connectivity index (χ3n) is 2.25. The van der Waals surface area contributed by atoms with Crippen LogP contribution in [0.2, 0.25) is 0 Å². The second-order valence-corrected chi connectivity index (χ2v) is 5.28. The molecule has 1 rings (SSSR count). The number of alkyl halides is 4. The predicted octanol–water partition coefficient (Wildman–Crippen LogP) is 3.34. The van der Waals surface area contributed by atoms with E-state index in [-0.39, 0.29) is 11.5 Å². The zero-order chi connectivity index (χ0) is 11.9. The van der Waals surface area contributed by atoms with E-state index in [0.717, 1.165) is 0 Å². The van der Waals surface area contributed by atoms with E-state index in [2.05, 4.69) is 0 Å². The highest BCUT2D eigenvalue weighted by atomic mass is 32.2. The minimum atomic E-state index is -3.48. The van der Waals surface area contributed by atoms with Crippen molar-refractivity contribution in [3.63, 3.8) is 0 Å². The molecule has 88 valence electrons. The molecule has 0 bridgehead atoms. The van der Waals surface area contributed by atoms with Gasteiger partial charge in [0, 0.05) is 5.92 Å². The first-order chi connectivity index (χ1) is 6.62. The third kappa shape index (κ3) is 3.36. The van der Waals surface area contributed by atoms with Crippen LogP contribution in [0.15, 0.2) is 0 Å². The summed E-state index contributed by atoms with van der Waals surface area (Å²) in [4.78, 5) is 11.0. The Labute approximate surface area is 89.6 Å². The molecule has 0 radical (unpaired) electrons. The van der Waals surface area contributed by atoms with Gasteiger partial charge in [0.15, 0.2) is 5.12 Å². The summed E-state index contributed by atoms with van der Waals surface area (Å²) < 4.78 is 51.6. The molecule has 0 aromatic carbocycles. The van der Waals surface area contributed by atoms with Gasteiger partial charge in [-0.2, -0.15) is 0 Å². The molecule has 0 saturated carbocycles. The number of carbonyl (C=O) groups excluding carboxylic acids is 1. The summed E-state index contributed by atoms with van der Waals surface area (Å²) in [5.41, 5.74) is 0. The highest BCUT2D eigenvalue weighted by Gasteiger charge is 2.51. The van der Waals surface area contributed by atoms with Crippen LogP contribution in [0.25, 0.3) is 0 Å². The second kappa shape index (κ2) is 3.96. The van der Waals surface area contributed by atoms with E-state index in [0.29, 0.717) is 18.7 Å². The van der Waals surface area contributed by atoms with E-state index in [1.165, 1.54) is 6.92 Å². The highest BCUT2D eigenvalue weighted by Crippen LogP contribution is 2.45. The predicted molar refractivity (Wildman–Crippen MR) is 50.4 cm³/mol. The fraction of sp³-hybridized carbons (Fsp3) is 0.889. The zero-order valence-corrected chi connectivity index (χ0v) is 9.21. The normalized spacial score (nSPS) is 28.5. The topological polar surface area (TPSA) is 17.1 Å². The SMILES string of the molecule is CC1CC(C(F)(F)CC(C)(F)F)SC1=O. The number of hydrogen-bond donors (Lipinski definition) is 0. The van der Waals surface area contributed by atoms with Crippen LogP contribution in [-0.2, 0) is 4.79 Å². The van der Waals surface area contributed by atoms with Crippen molar-refractivity contribution in [3.05, 3.63) is 0 Å².